The molecule has 2 aromatic rings. The van der Waals surface area contributed by atoms with Gasteiger partial charge in [0.15, 0.2) is 0 Å². The minimum Gasteiger partial charge on any atom is -0.335 e. The van der Waals surface area contributed by atoms with Crippen LogP contribution in [0.25, 0.3) is 0 Å². The molecule has 0 saturated carbocycles. The van der Waals surface area contributed by atoms with Crippen LogP contribution in [0.4, 0.5) is 14.9 Å². The number of hydrogen-bond donors (Lipinski definition) is 2. The Morgan fingerprint density at radius 2 is 1.64 bits per heavy atom. The van der Waals surface area contributed by atoms with Gasteiger partial charge in [0.25, 0.3) is 0 Å². The van der Waals surface area contributed by atoms with E-state index in [0.29, 0.717) is 12.1 Å². The summed E-state index contributed by atoms with van der Waals surface area (Å²) in [4.78, 5) is 15.1. The Bertz CT molecular complexity index is 817. The molecule has 3 atom stereocenters. The molecule has 2 aliphatic rings. The van der Waals surface area contributed by atoms with Crippen molar-refractivity contribution >= 4 is 11.7 Å². The number of hydrogen-bond acceptors (Lipinski definition) is 2. The minimum atomic E-state index is -0.190. The third kappa shape index (κ3) is 4.04. The van der Waals surface area contributed by atoms with Crippen LogP contribution in [-0.4, -0.2) is 29.1 Å². The predicted molar refractivity (Wildman–Crippen MR) is 110 cm³/mol. The molecule has 4 rings (SSSR count). The fourth-order valence-corrected chi connectivity index (χ4v) is 4.80. The molecule has 0 spiro atoms. The van der Waals surface area contributed by atoms with Gasteiger partial charge in [-0.1, -0.05) is 30.3 Å². The maximum atomic E-state index is 13.2. The molecule has 2 saturated heterocycles. The van der Waals surface area contributed by atoms with E-state index >= 15 is 0 Å². The summed E-state index contributed by atoms with van der Waals surface area (Å²) in [5.74, 6) is -0.190. The number of piperidine rings is 1. The smallest absolute Gasteiger partial charge is 0.319 e. The molecule has 2 aliphatic heterocycles. The van der Waals surface area contributed by atoms with Gasteiger partial charge in [-0.2, -0.15) is 0 Å². The van der Waals surface area contributed by atoms with Crippen LogP contribution in [0.15, 0.2) is 42.5 Å². The van der Waals surface area contributed by atoms with Crippen molar-refractivity contribution in [2.75, 3.05) is 5.32 Å². The SMILES string of the molecule is Cc1cccc(C)c1NC(=O)NC1C[C@H]2CC[C@@H](C1)N2Cc1ccc(F)cc1. The first-order valence-corrected chi connectivity index (χ1v) is 10.1. The number of fused-ring (bicyclic) bond motifs is 2. The number of benzene rings is 2. The molecule has 2 bridgehead atoms. The molecule has 0 aromatic heterocycles. The fraction of sp³-hybridized carbons (Fsp3) is 0.435. The lowest BCUT2D eigenvalue weighted by atomic mass is 9.96. The Labute approximate surface area is 166 Å². The lowest BCUT2D eigenvalue weighted by Crippen LogP contribution is -2.50. The van der Waals surface area contributed by atoms with Crippen molar-refractivity contribution in [3.63, 3.8) is 0 Å². The van der Waals surface area contributed by atoms with Gasteiger partial charge in [-0.25, -0.2) is 9.18 Å². The maximum absolute atomic E-state index is 13.2. The third-order valence-electron chi connectivity index (χ3n) is 6.22. The van der Waals surface area contributed by atoms with Crippen LogP contribution in [0.2, 0.25) is 0 Å². The van der Waals surface area contributed by atoms with E-state index in [9.17, 15) is 9.18 Å². The van der Waals surface area contributed by atoms with Gasteiger partial charge in [0, 0.05) is 30.4 Å². The van der Waals surface area contributed by atoms with Crippen LogP contribution in [0.3, 0.4) is 0 Å². The van der Waals surface area contributed by atoms with E-state index < -0.39 is 0 Å². The van der Waals surface area contributed by atoms with Crippen LogP contribution < -0.4 is 10.6 Å². The highest BCUT2D eigenvalue weighted by Gasteiger charge is 2.40. The average molecular weight is 381 g/mol. The molecular formula is C23H28FN3O. The summed E-state index contributed by atoms with van der Waals surface area (Å²) in [5.41, 5.74) is 4.20. The van der Waals surface area contributed by atoms with E-state index in [1.807, 2.05) is 44.2 Å². The first kappa shape index (κ1) is 18.9. The van der Waals surface area contributed by atoms with Gasteiger partial charge in [-0.15, -0.1) is 0 Å². The number of para-hydroxylation sites is 1. The van der Waals surface area contributed by atoms with Crippen molar-refractivity contribution in [1.29, 1.82) is 0 Å². The van der Waals surface area contributed by atoms with Crippen LogP contribution in [0.5, 0.6) is 0 Å². The van der Waals surface area contributed by atoms with Gasteiger partial charge in [-0.05, 0) is 68.4 Å². The van der Waals surface area contributed by atoms with Gasteiger partial charge >= 0.3 is 6.03 Å². The van der Waals surface area contributed by atoms with Crippen LogP contribution in [0.1, 0.15) is 42.4 Å². The lowest BCUT2D eigenvalue weighted by molar-refractivity contribution is 0.112. The molecule has 0 radical (unpaired) electrons. The zero-order valence-electron chi connectivity index (χ0n) is 16.5. The molecule has 4 nitrogen and oxygen atoms in total. The largest absolute Gasteiger partial charge is 0.335 e. The average Bonchev–Trinajstić information content (AvgIpc) is 2.89. The first-order chi connectivity index (χ1) is 13.5. The minimum absolute atomic E-state index is 0.117. The molecule has 1 unspecified atom stereocenters. The molecule has 0 aliphatic carbocycles. The number of carbonyl (C=O) groups excluding carboxylic acids is 1. The molecule has 2 aromatic carbocycles. The van der Waals surface area contributed by atoms with E-state index in [2.05, 4.69) is 15.5 Å². The summed E-state index contributed by atoms with van der Waals surface area (Å²) in [6, 6.07) is 13.9. The van der Waals surface area contributed by atoms with Gasteiger partial charge in [-0.3, -0.25) is 4.90 Å². The predicted octanol–water partition coefficient (Wildman–Crippen LogP) is 4.76. The summed E-state index contributed by atoms with van der Waals surface area (Å²) in [5, 5.41) is 6.22. The number of amides is 2. The summed E-state index contributed by atoms with van der Waals surface area (Å²) in [6.07, 6.45) is 4.28. The number of halogens is 1. The summed E-state index contributed by atoms with van der Waals surface area (Å²) in [7, 11) is 0. The number of rotatable bonds is 4. The van der Waals surface area contributed by atoms with Crippen molar-refractivity contribution in [1.82, 2.24) is 10.2 Å². The highest BCUT2D eigenvalue weighted by Crippen LogP contribution is 2.37. The standard InChI is InChI=1S/C23H28FN3O/c1-15-4-3-5-16(2)22(15)26-23(28)25-19-12-20-10-11-21(13-19)27(20)14-17-6-8-18(24)9-7-17/h3-9,19-21H,10-14H2,1-2H3,(H2,25,26,28)/t19?,20-,21+. The number of nitrogens with zero attached hydrogens (tertiary/aromatic N) is 1. The molecule has 5 heteroatoms. The van der Waals surface area contributed by atoms with Gasteiger partial charge < -0.3 is 10.6 Å². The van der Waals surface area contributed by atoms with Crippen molar-refractivity contribution in [2.45, 2.75) is 64.2 Å². The Morgan fingerprint density at radius 1 is 1.04 bits per heavy atom. The zero-order chi connectivity index (χ0) is 19.7. The number of nitrogens with one attached hydrogen (secondary N) is 2. The Hall–Kier alpha value is -2.40. The molecular weight excluding hydrogens is 353 g/mol. The second-order valence-corrected chi connectivity index (χ2v) is 8.22. The van der Waals surface area contributed by atoms with Crippen molar-refractivity contribution in [3.8, 4) is 0 Å². The molecule has 148 valence electrons. The third-order valence-corrected chi connectivity index (χ3v) is 6.22. The fourth-order valence-electron chi connectivity index (χ4n) is 4.80. The molecule has 28 heavy (non-hydrogen) atoms. The van der Waals surface area contributed by atoms with E-state index in [0.717, 1.165) is 41.8 Å². The first-order valence-electron chi connectivity index (χ1n) is 10.1. The van der Waals surface area contributed by atoms with Crippen LogP contribution >= 0.6 is 0 Å². The molecule has 2 heterocycles. The van der Waals surface area contributed by atoms with Crippen molar-refractivity contribution in [2.24, 2.45) is 0 Å². The van der Waals surface area contributed by atoms with E-state index in [-0.39, 0.29) is 17.9 Å². The normalized spacial score (nSPS) is 24.2. The van der Waals surface area contributed by atoms with Crippen molar-refractivity contribution < 1.29 is 9.18 Å². The van der Waals surface area contributed by atoms with E-state index in [4.69, 9.17) is 0 Å². The molecule has 2 fully saturated rings. The summed E-state index contributed by atoms with van der Waals surface area (Å²) in [6.45, 7) is 4.88. The Morgan fingerprint density at radius 3 is 2.25 bits per heavy atom. The van der Waals surface area contributed by atoms with Gasteiger partial charge in [0.2, 0.25) is 0 Å². The van der Waals surface area contributed by atoms with E-state index in [1.165, 1.54) is 25.0 Å². The van der Waals surface area contributed by atoms with Crippen LogP contribution in [0, 0.1) is 19.7 Å². The van der Waals surface area contributed by atoms with Gasteiger partial charge in [0.1, 0.15) is 5.82 Å². The zero-order valence-corrected chi connectivity index (χ0v) is 16.5. The van der Waals surface area contributed by atoms with Gasteiger partial charge in [0.05, 0.1) is 0 Å². The summed E-state index contributed by atoms with van der Waals surface area (Å²) < 4.78 is 13.2. The van der Waals surface area contributed by atoms with Crippen LogP contribution in [-0.2, 0) is 6.54 Å². The lowest BCUT2D eigenvalue weighted by Gasteiger charge is -2.39. The maximum Gasteiger partial charge on any atom is 0.319 e. The highest BCUT2D eigenvalue weighted by atomic mass is 19.1. The highest BCUT2D eigenvalue weighted by molar-refractivity contribution is 5.91. The number of urea groups is 1. The second-order valence-electron chi connectivity index (χ2n) is 8.22. The molecule has 2 amide bonds. The number of anilines is 1. The quantitative estimate of drug-likeness (QED) is 0.802. The van der Waals surface area contributed by atoms with Crippen molar-refractivity contribution in [3.05, 3.63) is 65.0 Å². The summed E-state index contributed by atoms with van der Waals surface area (Å²) >= 11 is 0. The topological polar surface area (TPSA) is 44.4 Å². The van der Waals surface area contributed by atoms with E-state index in [1.54, 1.807) is 0 Å². The monoisotopic (exact) mass is 381 g/mol. The Balaban J connectivity index is 1.35. The molecule has 2 N–H and O–H groups in total. The second kappa shape index (κ2) is 7.92. The number of carbonyl (C=O) groups is 1. The number of aryl methyl sites for hydroxylation is 2. The Kier molecular flexibility index (Phi) is 5.36.